The molecule has 0 spiro atoms. The minimum atomic E-state index is -0.669. The van der Waals surface area contributed by atoms with Crippen LogP contribution < -0.4 is 5.32 Å². The number of rotatable bonds is 8. The van der Waals surface area contributed by atoms with Crippen LogP contribution in [0, 0.1) is 56.7 Å². The number of carbonyl (C=O) groups excluding carboxylic acids is 2. The van der Waals surface area contributed by atoms with Gasteiger partial charge < -0.3 is 29.4 Å². The molecule has 13 atom stereocenters. The zero-order valence-corrected chi connectivity index (χ0v) is 30.9. The van der Waals surface area contributed by atoms with Crippen molar-refractivity contribution in [1.82, 2.24) is 5.32 Å². The predicted molar refractivity (Wildman–Crippen MR) is 181 cm³/mol. The Labute approximate surface area is 287 Å². The smallest absolute Gasteiger partial charge is 0.320 e. The summed E-state index contributed by atoms with van der Waals surface area (Å²) in [6.45, 7) is 20.9. The third kappa shape index (κ3) is 5.22. The maximum Gasteiger partial charge on any atom is 0.320 e. The lowest BCUT2D eigenvalue weighted by Gasteiger charge is -2.71. The average Bonchev–Trinajstić information content (AvgIpc) is 3.42. The summed E-state index contributed by atoms with van der Waals surface area (Å²) in [7, 11) is 0. The van der Waals surface area contributed by atoms with Crippen molar-refractivity contribution >= 4 is 17.9 Å². The lowest BCUT2D eigenvalue weighted by molar-refractivity contribution is -0.263. The summed E-state index contributed by atoms with van der Waals surface area (Å²) in [6.07, 6.45) is 7.04. The van der Waals surface area contributed by atoms with Gasteiger partial charge in [-0.3, -0.25) is 14.4 Å². The van der Waals surface area contributed by atoms with Gasteiger partial charge in [-0.05, 0) is 91.8 Å². The van der Waals surface area contributed by atoms with Gasteiger partial charge >= 0.3 is 17.9 Å². The van der Waals surface area contributed by atoms with Crippen molar-refractivity contribution in [3.8, 4) is 0 Å². The van der Waals surface area contributed by atoms with Gasteiger partial charge in [-0.2, -0.15) is 0 Å². The molecule has 2 unspecified atom stereocenters. The molecule has 48 heavy (non-hydrogen) atoms. The van der Waals surface area contributed by atoms with E-state index in [0.717, 1.165) is 32.1 Å². The molecule has 9 nitrogen and oxygen atoms in total. The molecule has 9 heteroatoms. The second-order valence-corrected chi connectivity index (χ2v) is 18.0. The molecule has 0 aromatic carbocycles. The third-order valence-corrected chi connectivity index (χ3v) is 15.5. The summed E-state index contributed by atoms with van der Waals surface area (Å²) in [5.41, 5.74) is -0.484. The van der Waals surface area contributed by atoms with Crippen molar-refractivity contribution in [3.05, 3.63) is 11.6 Å². The van der Waals surface area contributed by atoms with Crippen molar-refractivity contribution in [2.24, 2.45) is 56.7 Å². The molecule has 0 aromatic heterocycles. The Bertz CT molecular complexity index is 1330. The highest BCUT2D eigenvalue weighted by Gasteiger charge is 2.72. The molecule has 6 rings (SSSR count). The minimum Gasteiger partial charge on any atom is -0.481 e. The fourth-order valence-corrected chi connectivity index (χ4v) is 12.5. The number of carboxylic acids is 1. The first-order chi connectivity index (χ1) is 22.4. The maximum absolute atomic E-state index is 13.4. The van der Waals surface area contributed by atoms with Crippen molar-refractivity contribution in [2.75, 3.05) is 26.4 Å². The van der Waals surface area contributed by atoms with Gasteiger partial charge in [0, 0.05) is 30.4 Å². The quantitative estimate of drug-likeness (QED) is 0.230. The van der Waals surface area contributed by atoms with Gasteiger partial charge in [0.1, 0.15) is 12.2 Å². The third-order valence-electron chi connectivity index (χ3n) is 15.5. The van der Waals surface area contributed by atoms with Crippen LogP contribution in [0.5, 0.6) is 0 Å². The van der Waals surface area contributed by atoms with Crippen LogP contribution in [0.2, 0.25) is 0 Å². The van der Waals surface area contributed by atoms with Crippen molar-refractivity contribution in [2.45, 2.75) is 132 Å². The second kappa shape index (κ2) is 12.4. The van der Waals surface area contributed by atoms with Gasteiger partial charge in [0.2, 0.25) is 0 Å². The van der Waals surface area contributed by atoms with Crippen molar-refractivity contribution in [3.63, 3.8) is 0 Å². The van der Waals surface area contributed by atoms with Gasteiger partial charge in [0.15, 0.2) is 0 Å². The van der Waals surface area contributed by atoms with E-state index in [4.69, 9.17) is 18.9 Å². The van der Waals surface area contributed by atoms with Gasteiger partial charge in [0.05, 0.1) is 31.8 Å². The zero-order valence-electron chi connectivity index (χ0n) is 30.9. The number of hydrogen-bond acceptors (Lipinski definition) is 8. The first-order valence-corrected chi connectivity index (χ1v) is 18.7. The van der Waals surface area contributed by atoms with E-state index in [-0.39, 0.29) is 64.6 Å². The SMILES string of the molecule is CC(=O)O[C@@H]1C[C@@]23COC[C@](C)([C@@H]2CC[C@H]2C3=CC[C@@]3(C)[C@H](C(=O)O)[C@@](C)([C@H](C)C(C)C)CC[C@]23C)[C@H]1OC(=O)CNC1CCOC1C. The van der Waals surface area contributed by atoms with E-state index >= 15 is 0 Å². The predicted octanol–water partition coefficient (Wildman–Crippen LogP) is 6.19. The molecule has 5 fully saturated rings. The Hall–Kier alpha value is -1.97. The summed E-state index contributed by atoms with van der Waals surface area (Å²) >= 11 is 0. The number of fused-ring (bicyclic) bond motifs is 3. The van der Waals surface area contributed by atoms with E-state index in [1.54, 1.807) is 0 Å². The molecule has 2 aliphatic heterocycles. The Morgan fingerprint density at radius 2 is 1.75 bits per heavy atom. The first kappa shape index (κ1) is 35.8. The molecule has 3 saturated carbocycles. The number of aliphatic carboxylic acids is 1. The largest absolute Gasteiger partial charge is 0.481 e. The molecular weight excluding hydrogens is 610 g/mol. The van der Waals surface area contributed by atoms with Crippen LogP contribution in [-0.4, -0.2) is 73.7 Å². The summed E-state index contributed by atoms with van der Waals surface area (Å²) in [5, 5.41) is 14.3. The van der Waals surface area contributed by atoms with Crippen molar-refractivity contribution in [1.29, 1.82) is 0 Å². The van der Waals surface area contributed by atoms with Crippen LogP contribution in [0.3, 0.4) is 0 Å². The topological polar surface area (TPSA) is 120 Å². The standard InChI is InChI=1S/C39H61NO8/c1-22(2)23(3)35(6)15-16-37(8)26-10-11-30-36(7)20-45-21-39(30,27(26)12-14-38(37,9)32(35)34(43)44)18-29(47-25(5)41)33(36)48-31(42)19-40-28-13-17-46-24(28)4/h12,22-24,26,28-30,32-33,40H,10-11,13-21H2,1-9H3,(H,43,44)/t23-,24?,26+,28?,29-,30+,32-,33+,35-,36-,37-,38+,39+/m1/s1. The van der Waals surface area contributed by atoms with Gasteiger partial charge in [-0.25, -0.2) is 0 Å². The number of carboxylic acid groups (broad SMARTS) is 1. The fraction of sp³-hybridized carbons (Fsp3) is 0.872. The number of hydrogen-bond donors (Lipinski definition) is 2. The number of esters is 2. The Morgan fingerprint density at radius 3 is 2.38 bits per heavy atom. The Morgan fingerprint density at radius 1 is 1.02 bits per heavy atom. The molecule has 6 aliphatic rings. The van der Waals surface area contributed by atoms with Crippen LogP contribution >= 0.6 is 0 Å². The van der Waals surface area contributed by atoms with Crippen LogP contribution in [0.15, 0.2) is 11.6 Å². The van der Waals surface area contributed by atoms with Gasteiger partial charge in [-0.15, -0.1) is 0 Å². The van der Waals surface area contributed by atoms with E-state index in [1.165, 1.54) is 12.5 Å². The van der Waals surface area contributed by atoms with E-state index in [2.05, 4.69) is 59.9 Å². The van der Waals surface area contributed by atoms with Gasteiger partial charge in [-0.1, -0.05) is 60.1 Å². The Balaban J connectivity index is 1.34. The molecule has 4 aliphatic carbocycles. The molecule has 2 heterocycles. The van der Waals surface area contributed by atoms with Crippen LogP contribution in [0.25, 0.3) is 0 Å². The molecule has 270 valence electrons. The normalized spacial score (nSPS) is 47.2. The zero-order chi connectivity index (χ0) is 35.0. The Kier molecular flexibility index (Phi) is 9.23. The van der Waals surface area contributed by atoms with E-state index < -0.39 is 34.9 Å². The maximum atomic E-state index is 13.4. The van der Waals surface area contributed by atoms with Crippen LogP contribution in [0.4, 0.5) is 0 Å². The molecule has 0 radical (unpaired) electrons. The summed E-state index contributed by atoms with van der Waals surface area (Å²) in [4.78, 5) is 39.4. The molecule has 2 saturated heterocycles. The summed E-state index contributed by atoms with van der Waals surface area (Å²) in [5.74, 6) is -0.811. The van der Waals surface area contributed by atoms with Gasteiger partial charge in [0.25, 0.3) is 0 Å². The number of nitrogens with one attached hydrogen (secondary N) is 1. The summed E-state index contributed by atoms with van der Waals surface area (Å²) < 4.78 is 24.6. The van der Waals surface area contributed by atoms with Crippen LogP contribution in [-0.2, 0) is 33.3 Å². The summed E-state index contributed by atoms with van der Waals surface area (Å²) in [6, 6.07) is 0.0990. The molecule has 2 N–H and O–H groups in total. The average molecular weight is 672 g/mol. The minimum absolute atomic E-state index is 0.0381. The number of allylic oxidation sites excluding steroid dienone is 1. The van der Waals surface area contributed by atoms with Crippen LogP contribution in [0.1, 0.15) is 107 Å². The van der Waals surface area contributed by atoms with Crippen molar-refractivity contribution < 1.29 is 38.4 Å². The highest BCUT2D eigenvalue weighted by atomic mass is 16.6. The van der Waals surface area contributed by atoms with E-state index in [0.29, 0.717) is 38.6 Å². The number of ether oxygens (including phenoxy) is 4. The molecule has 0 aromatic rings. The van der Waals surface area contributed by atoms with E-state index in [1.807, 2.05) is 6.92 Å². The lowest BCUT2D eigenvalue weighted by atomic mass is 9.34. The molecule has 0 amide bonds. The lowest BCUT2D eigenvalue weighted by Crippen LogP contribution is -2.70. The molecular formula is C39H61NO8. The highest BCUT2D eigenvalue weighted by Crippen LogP contribution is 2.75. The molecule has 2 bridgehead atoms. The fourth-order valence-electron chi connectivity index (χ4n) is 12.5. The monoisotopic (exact) mass is 671 g/mol. The van der Waals surface area contributed by atoms with E-state index in [9.17, 15) is 19.5 Å². The first-order valence-electron chi connectivity index (χ1n) is 18.7. The highest BCUT2D eigenvalue weighted by molar-refractivity contribution is 5.73. The second-order valence-electron chi connectivity index (χ2n) is 18.0. The number of carbonyl (C=O) groups is 3.